The summed E-state index contributed by atoms with van der Waals surface area (Å²) in [7, 11) is 0. The van der Waals surface area contributed by atoms with Gasteiger partial charge in [-0.25, -0.2) is 0 Å². The van der Waals surface area contributed by atoms with Gasteiger partial charge in [0.15, 0.2) is 0 Å². The van der Waals surface area contributed by atoms with Gasteiger partial charge in [0, 0.05) is 5.71 Å². The molecule has 0 aromatic rings. The van der Waals surface area contributed by atoms with Crippen LogP contribution in [0.4, 0.5) is 0 Å². The van der Waals surface area contributed by atoms with Gasteiger partial charge >= 0.3 is 0 Å². The first-order valence-electron chi connectivity index (χ1n) is 11.3. The Hall–Kier alpha value is -1.37. The van der Waals surface area contributed by atoms with Crippen LogP contribution in [0.3, 0.4) is 0 Å². The molecule has 0 saturated heterocycles. The first-order valence-corrected chi connectivity index (χ1v) is 11.3. The van der Waals surface area contributed by atoms with Crippen molar-refractivity contribution in [2.75, 3.05) is 0 Å². The van der Waals surface area contributed by atoms with Crippen molar-refractivity contribution in [2.45, 2.75) is 72.6 Å². The van der Waals surface area contributed by atoms with E-state index in [1.807, 2.05) is 13.8 Å². The zero-order chi connectivity index (χ0) is 20.0. The Balaban J connectivity index is 0.000000389. The highest BCUT2D eigenvalue weighted by Gasteiger charge is 2.55. The first kappa shape index (κ1) is 21.9. The summed E-state index contributed by atoms with van der Waals surface area (Å²) in [4.78, 5) is 0. The summed E-state index contributed by atoms with van der Waals surface area (Å²) < 4.78 is 0. The van der Waals surface area contributed by atoms with E-state index in [2.05, 4.69) is 45.2 Å². The lowest BCUT2D eigenvalue weighted by Gasteiger charge is -2.53. The molecule has 6 unspecified atom stereocenters. The molecule has 1 nitrogen and oxygen atoms in total. The van der Waals surface area contributed by atoms with Crippen LogP contribution in [-0.4, -0.2) is 5.71 Å². The van der Waals surface area contributed by atoms with Gasteiger partial charge in [-0.2, -0.15) is 0 Å². The standard InChI is InChI=1S/C20H29N.C4H6.C2H6/c1-3-20-11-10-17-16-8-6-15(21)12-14(16)5-7-18(17)19(20)9-4-13(20)2;1-3-4-2;1-2/h5,7,12-13,16-19,21H,3-4,6,8-11H2,1-2H3;3-4H,1-2H2;1-2H3. The second kappa shape index (κ2) is 9.71. The van der Waals surface area contributed by atoms with Gasteiger partial charge in [-0.1, -0.05) is 65.2 Å². The first-order chi connectivity index (χ1) is 13.1. The minimum atomic E-state index is 0.647. The van der Waals surface area contributed by atoms with E-state index in [-0.39, 0.29) is 0 Å². The van der Waals surface area contributed by atoms with E-state index in [9.17, 15) is 0 Å². The Bertz CT molecular complexity index is 589. The SMILES string of the molecule is C=CC=C.CC.CCC12CCC3C4CCC(=N)C=C4C=CC3C1CCC2C. The third-order valence-corrected chi connectivity index (χ3v) is 7.88. The van der Waals surface area contributed by atoms with Crippen LogP contribution in [0, 0.1) is 40.4 Å². The Labute approximate surface area is 168 Å². The fraction of sp³-hybridized carbons (Fsp3) is 0.654. The van der Waals surface area contributed by atoms with Crippen LogP contribution in [0.15, 0.2) is 49.1 Å². The fourth-order valence-corrected chi connectivity index (χ4v) is 6.55. The molecule has 6 atom stereocenters. The lowest BCUT2D eigenvalue weighted by molar-refractivity contribution is 0.000554. The Morgan fingerprint density at radius 1 is 1.15 bits per heavy atom. The zero-order valence-corrected chi connectivity index (χ0v) is 18.1. The Morgan fingerprint density at radius 2 is 1.85 bits per heavy atom. The van der Waals surface area contributed by atoms with Gasteiger partial charge in [0.2, 0.25) is 0 Å². The van der Waals surface area contributed by atoms with E-state index in [4.69, 9.17) is 5.41 Å². The van der Waals surface area contributed by atoms with Crippen molar-refractivity contribution >= 4 is 5.71 Å². The maximum Gasteiger partial charge on any atom is 0.0316 e. The van der Waals surface area contributed by atoms with Crippen LogP contribution in [0.1, 0.15) is 72.6 Å². The molecule has 0 radical (unpaired) electrons. The van der Waals surface area contributed by atoms with E-state index in [1.54, 1.807) is 12.2 Å². The summed E-state index contributed by atoms with van der Waals surface area (Å²) in [6, 6.07) is 0. The molecule has 0 amide bonds. The molecule has 4 rings (SSSR count). The van der Waals surface area contributed by atoms with Crippen LogP contribution in [-0.2, 0) is 0 Å². The van der Waals surface area contributed by atoms with Crippen LogP contribution in [0.5, 0.6) is 0 Å². The summed E-state index contributed by atoms with van der Waals surface area (Å²) in [6.07, 6.45) is 19.8. The molecule has 4 aliphatic rings. The van der Waals surface area contributed by atoms with E-state index in [1.165, 1.54) is 44.1 Å². The molecule has 0 bridgehead atoms. The molecule has 1 heteroatoms. The smallest absolute Gasteiger partial charge is 0.0316 e. The molecular formula is C26H41N. The highest BCUT2D eigenvalue weighted by atomic mass is 14.6. The largest absolute Gasteiger partial charge is 0.305 e. The molecule has 0 aromatic carbocycles. The summed E-state index contributed by atoms with van der Waals surface area (Å²) in [5.74, 6) is 4.34. The van der Waals surface area contributed by atoms with Crippen molar-refractivity contribution in [3.8, 4) is 0 Å². The van der Waals surface area contributed by atoms with Gasteiger partial charge in [0.1, 0.15) is 0 Å². The van der Waals surface area contributed by atoms with Gasteiger partial charge in [-0.3, -0.25) is 0 Å². The molecule has 2 fully saturated rings. The molecule has 0 aliphatic heterocycles. The van der Waals surface area contributed by atoms with Gasteiger partial charge in [0.05, 0.1) is 0 Å². The molecule has 1 N–H and O–H groups in total. The highest BCUT2D eigenvalue weighted by molar-refractivity contribution is 5.94. The molecule has 0 heterocycles. The van der Waals surface area contributed by atoms with E-state index >= 15 is 0 Å². The average Bonchev–Trinajstić information content (AvgIpc) is 3.06. The third kappa shape index (κ3) is 4.08. The van der Waals surface area contributed by atoms with Gasteiger partial charge in [-0.15, -0.1) is 0 Å². The second-order valence-corrected chi connectivity index (χ2v) is 8.60. The summed E-state index contributed by atoms with van der Waals surface area (Å²) in [5, 5.41) is 7.94. The number of hydrogen-bond donors (Lipinski definition) is 1. The second-order valence-electron chi connectivity index (χ2n) is 8.60. The van der Waals surface area contributed by atoms with Crippen molar-refractivity contribution in [3.63, 3.8) is 0 Å². The number of fused-ring (bicyclic) bond motifs is 5. The molecule has 150 valence electrons. The van der Waals surface area contributed by atoms with Crippen molar-refractivity contribution in [1.29, 1.82) is 5.41 Å². The Morgan fingerprint density at radius 3 is 2.48 bits per heavy atom. The van der Waals surface area contributed by atoms with Crippen molar-refractivity contribution in [3.05, 3.63) is 49.1 Å². The lowest BCUT2D eigenvalue weighted by atomic mass is 9.52. The quantitative estimate of drug-likeness (QED) is 0.482. The third-order valence-electron chi connectivity index (χ3n) is 7.88. The topological polar surface area (TPSA) is 23.9 Å². The van der Waals surface area contributed by atoms with Crippen LogP contribution in [0.2, 0.25) is 0 Å². The predicted octanol–water partition coefficient (Wildman–Crippen LogP) is 7.77. The zero-order valence-electron chi connectivity index (χ0n) is 18.1. The number of nitrogens with one attached hydrogen (secondary N) is 1. The van der Waals surface area contributed by atoms with Gasteiger partial charge in [0.25, 0.3) is 0 Å². The monoisotopic (exact) mass is 367 g/mol. The fourth-order valence-electron chi connectivity index (χ4n) is 6.55. The minimum absolute atomic E-state index is 0.647. The summed E-state index contributed by atoms with van der Waals surface area (Å²) >= 11 is 0. The highest BCUT2D eigenvalue weighted by Crippen LogP contribution is 2.63. The van der Waals surface area contributed by atoms with Crippen molar-refractivity contribution in [2.24, 2.45) is 35.0 Å². The molecular weight excluding hydrogens is 326 g/mol. The van der Waals surface area contributed by atoms with Gasteiger partial charge < -0.3 is 5.41 Å². The number of allylic oxidation sites excluding steroid dienone is 6. The molecule has 0 spiro atoms. The van der Waals surface area contributed by atoms with Crippen molar-refractivity contribution in [1.82, 2.24) is 0 Å². The number of hydrogen-bond acceptors (Lipinski definition) is 1. The average molecular weight is 368 g/mol. The van der Waals surface area contributed by atoms with Crippen LogP contribution < -0.4 is 0 Å². The molecule has 4 aliphatic carbocycles. The summed E-state index contributed by atoms with van der Waals surface area (Å²) in [5.41, 5.74) is 2.97. The lowest BCUT2D eigenvalue weighted by Crippen LogP contribution is -2.45. The number of rotatable bonds is 2. The predicted molar refractivity (Wildman–Crippen MR) is 120 cm³/mol. The van der Waals surface area contributed by atoms with Crippen LogP contribution in [0.25, 0.3) is 0 Å². The van der Waals surface area contributed by atoms with Crippen LogP contribution >= 0.6 is 0 Å². The minimum Gasteiger partial charge on any atom is -0.305 e. The Kier molecular flexibility index (Phi) is 7.89. The maximum absolute atomic E-state index is 7.94. The van der Waals surface area contributed by atoms with Crippen molar-refractivity contribution < 1.29 is 0 Å². The van der Waals surface area contributed by atoms with Gasteiger partial charge in [-0.05, 0) is 91.6 Å². The normalized spacial score (nSPS) is 38.6. The van der Waals surface area contributed by atoms with E-state index < -0.39 is 0 Å². The molecule has 2 saturated carbocycles. The van der Waals surface area contributed by atoms with E-state index in [0.717, 1.165) is 41.7 Å². The maximum atomic E-state index is 7.94. The summed E-state index contributed by atoms with van der Waals surface area (Å²) in [6.45, 7) is 15.7. The molecule has 0 aromatic heterocycles. The van der Waals surface area contributed by atoms with E-state index in [0.29, 0.717) is 5.41 Å². The molecule has 27 heavy (non-hydrogen) atoms.